The number of fused-ring (bicyclic) bond motifs is 1. The summed E-state index contributed by atoms with van der Waals surface area (Å²) in [6.45, 7) is 8.13. The SMILES string of the molecule is CCCCC(C)CC(C)C(CC(CCC)C(=O)NC12CC(C1)C(NC(=O)COc1ccc(Cl)c(F)c1)C2)C(=O)O. The molecule has 3 fully saturated rings. The zero-order valence-electron chi connectivity index (χ0n) is 24.3. The fourth-order valence-corrected chi connectivity index (χ4v) is 6.81. The third-order valence-electron chi connectivity index (χ3n) is 8.86. The third kappa shape index (κ3) is 8.58. The van der Waals surface area contributed by atoms with E-state index in [0.717, 1.165) is 51.0 Å². The standard InChI is InChI=1S/C31H46ClFN2O5/c1-5-7-9-19(3)12-20(4)24(30(38)39)13-21(8-6-2)29(37)35-31-15-22(16-31)27(17-31)34-28(36)18-40-23-10-11-25(32)26(33)14-23/h10-11,14,19-22,24,27H,5-9,12-13,15-18H2,1-4H3,(H,34,36)(H,35,37)(H,38,39). The molecule has 9 heteroatoms. The lowest BCUT2D eigenvalue weighted by molar-refractivity contribution is -0.145. The lowest BCUT2D eigenvalue weighted by atomic mass is 9.75. The zero-order valence-corrected chi connectivity index (χ0v) is 25.1. The van der Waals surface area contributed by atoms with Crippen LogP contribution >= 0.6 is 11.6 Å². The summed E-state index contributed by atoms with van der Waals surface area (Å²) in [4.78, 5) is 38.2. The monoisotopic (exact) mass is 580 g/mol. The molecule has 3 aliphatic carbocycles. The maximum Gasteiger partial charge on any atom is 0.306 e. The maximum absolute atomic E-state index is 13.6. The molecular formula is C31H46ClFN2O5. The van der Waals surface area contributed by atoms with Crippen molar-refractivity contribution in [2.75, 3.05) is 6.61 Å². The third-order valence-corrected chi connectivity index (χ3v) is 9.16. The second kappa shape index (κ2) is 14.5. The van der Waals surface area contributed by atoms with E-state index in [1.165, 1.54) is 12.1 Å². The van der Waals surface area contributed by atoms with Crippen LogP contribution in [-0.2, 0) is 14.4 Å². The molecule has 1 aromatic rings. The highest BCUT2D eigenvalue weighted by Crippen LogP contribution is 2.52. The molecular weight excluding hydrogens is 535 g/mol. The summed E-state index contributed by atoms with van der Waals surface area (Å²) in [6.07, 6.45) is 8.24. The van der Waals surface area contributed by atoms with Crippen LogP contribution in [0.25, 0.3) is 0 Å². The summed E-state index contributed by atoms with van der Waals surface area (Å²) in [7, 11) is 0. The number of unbranched alkanes of at least 4 members (excludes halogenated alkanes) is 1. The summed E-state index contributed by atoms with van der Waals surface area (Å²) in [5.74, 6) is -1.75. The number of rotatable bonds is 17. The molecule has 0 aliphatic heterocycles. The van der Waals surface area contributed by atoms with E-state index >= 15 is 0 Å². The van der Waals surface area contributed by atoms with E-state index in [1.54, 1.807) is 0 Å². The number of halogens is 2. The average molecular weight is 581 g/mol. The molecule has 40 heavy (non-hydrogen) atoms. The number of carboxylic acid groups (broad SMARTS) is 1. The minimum absolute atomic E-state index is 0.000385. The van der Waals surface area contributed by atoms with Gasteiger partial charge in [-0.3, -0.25) is 14.4 Å². The summed E-state index contributed by atoms with van der Waals surface area (Å²) < 4.78 is 19.0. The van der Waals surface area contributed by atoms with Crippen molar-refractivity contribution in [1.29, 1.82) is 0 Å². The Labute approximate surface area is 243 Å². The summed E-state index contributed by atoms with van der Waals surface area (Å²) in [5, 5.41) is 16.3. The lowest BCUT2D eigenvalue weighted by Gasteiger charge is -2.40. The highest BCUT2D eigenvalue weighted by Gasteiger charge is 2.57. The van der Waals surface area contributed by atoms with Crippen LogP contribution in [-0.4, -0.2) is 41.1 Å². The molecule has 224 valence electrons. The normalized spacial score (nSPS) is 24.4. The van der Waals surface area contributed by atoms with Crippen LogP contribution in [0, 0.1) is 35.4 Å². The van der Waals surface area contributed by atoms with Gasteiger partial charge in [-0.1, -0.05) is 65.0 Å². The topological polar surface area (TPSA) is 105 Å². The van der Waals surface area contributed by atoms with Crippen LogP contribution in [0.1, 0.15) is 91.9 Å². The number of aliphatic carboxylic acids is 1. The Balaban J connectivity index is 1.52. The van der Waals surface area contributed by atoms with Gasteiger partial charge < -0.3 is 20.5 Å². The molecule has 7 nitrogen and oxygen atoms in total. The number of carbonyl (C=O) groups excluding carboxylic acids is 2. The van der Waals surface area contributed by atoms with Gasteiger partial charge in [-0.25, -0.2) is 4.39 Å². The van der Waals surface area contributed by atoms with Crippen molar-refractivity contribution in [3.05, 3.63) is 29.0 Å². The van der Waals surface area contributed by atoms with Gasteiger partial charge in [-0.2, -0.15) is 0 Å². The molecule has 4 rings (SSSR count). The number of carbonyl (C=O) groups is 3. The van der Waals surface area contributed by atoms with Gasteiger partial charge in [0, 0.05) is 23.6 Å². The zero-order chi connectivity index (χ0) is 29.4. The highest BCUT2D eigenvalue weighted by atomic mass is 35.5. The number of hydrogen-bond acceptors (Lipinski definition) is 4. The molecule has 0 heterocycles. The van der Waals surface area contributed by atoms with Crippen molar-refractivity contribution < 1.29 is 28.6 Å². The number of ether oxygens (including phenoxy) is 1. The molecule has 0 spiro atoms. The predicted octanol–water partition coefficient (Wildman–Crippen LogP) is 6.37. The van der Waals surface area contributed by atoms with Gasteiger partial charge in [0.1, 0.15) is 11.6 Å². The highest BCUT2D eigenvalue weighted by molar-refractivity contribution is 6.30. The molecule has 3 N–H and O–H groups in total. The second-order valence-electron chi connectivity index (χ2n) is 12.3. The van der Waals surface area contributed by atoms with Crippen LogP contribution in [0.3, 0.4) is 0 Å². The first-order valence-corrected chi connectivity index (χ1v) is 15.3. The van der Waals surface area contributed by atoms with Gasteiger partial charge >= 0.3 is 5.97 Å². The van der Waals surface area contributed by atoms with Crippen molar-refractivity contribution in [1.82, 2.24) is 10.6 Å². The van der Waals surface area contributed by atoms with Crippen molar-refractivity contribution in [2.45, 2.75) is 103 Å². The Kier molecular flexibility index (Phi) is 11.7. The molecule has 5 unspecified atom stereocenters. The van der Waals surface area contributed by atoms with Gasteiger partial charge in [-0.15, -0.1) is 0 Å². The summed E-state index contributed by atoms with van der Waals surface area (Å²) >= 11 is 5.68. The number of hydrogen-bond donors (Lipinski definition) is 3. The molecule has 2 bridgehead atoms. The summed E-state index contributed by atoms with van der Waals surface area (Å²) in [5.41, 5.74) is -0.356. The van der Waals surface area contributed by atoms with Gasteiger partial charge in [0.2, 0.25) is 5.91 Å². The van der Waals surface area contributed by atoms with Crippen molar-refractivity contribution in [2.24, 2.45) is 29.6 Å². The Hall–Kier alpha value is -2.35. The molecule has 0 radical (unpaired) electrons. The summed E-state index contributed by atoms with van der Waals surface area (Å²) in [6, 6.07) is 3.95. The van der Waals surface area contributed by atoms with E-state index in [4.69, 9.17) is 16.3 Å². The van der Waals surface area contributed by atoms with E-state index in [9.17, 15) is 23.9 Å². The van der Waals surface area contributed by atoms with Crippen LogP contribution in [0.5, 0.6) is 5.75 Å². The molecule has 5 atom stereocenters. The fourth-order valence-electron chi connectivity index (χ4n) is 6.69. The molecule has 0 aromatic heterocycles. The molecule has 3 saturated carbocycles. The Morgan fingerprint density at radius 1 is 1.12 bits per heavy atom. The van der Waals surface area contributed by atoms with E-state index in [0.29, 0.717) is 25.2 Å². The van der Waals surface area contributed by atoms with E-state index < -0.39 is 17.7 Å². The van der Waals surface area contributed by atoms with E-state index in [-0.39, 0.29) is 58.5 Å². The minimum Gasteiger partial charge on any atom is -0.484 e. The van der Waals surface area contributed by atoms with Crippen LogP contribution in [0.2, 0.25) is 5.02 Å². The first-order valence-electron chi connectivity index (χ1n) is 14.9. The number of amides is 2. The van der Waals surface area contributed by atoms with Gasteiger partial charge in [-0.05, 0) is 68.4 Å². The van der Waals surface area contributed by atoms with Crippen LogP contribution in [0.15, 0.2) is 18.2 Å². The fraction of sp³-hybridized carbons (Fsp3) is 0.710. The minimum atomic E-state index is -0.821. The largest absolute Gasteiger partial charge is 0.484 e. The predicted molar refractivity (Wildman–Crippen MR) is 154 cm³/mol. The molecule has 1 aromatic carbocycles. The lowest BCUT2D eigenvalue weighted by Crippen LogP contribution is -2.53. The van der Waals surface area contributed by atoms with Crippen molar-refractivity contribution in [3.63, 3.8) is 0 Å². The Morgan fingerprint density at radius 3 is 2.48 bits per heavy atom. The average Bonchev–Trinajstić information content (AvgIpc) is 3.38. The Morgan fingerprint density at radius 2 is 1.85 bits per heavy atom. The smallest absolute Gasteiger partial charge is 0.306 e. The number of nitrogens with one attached hydrogen (secondary N) is 2. The van der Waals surface area contributed by atoms with Gasteiger partial charge in [0.25, 0.3) is 5.91 Å². The Bertz CT molecular complexity index is 1030. The second-order valence-corrected chi connectivity index (χ2v) is 12.7. The van der Waals surface area contributed by atoms with Crippen LogP contribution < -0.4 is 15.4 Å². The molecule has 3 aliphatic rings. The van der Waals surface area contributed by atoms with E-state index in [1.807, 2.05) is 13.8 Å². The number of carboxylic acids is 1. The first-order chi connectivity index (χ1) is 19.0. The van der Waals surface area contributed by atoms with Crippen molar-refractivity contribution in [3.8, 4) is 5.75 Å². The van der Waals surface area contributed by atoms with Crippen molar-refractivity contribution >= 4 is 29.4 Å². The first kappa shape index (κ1) is 32.2. The quantitative estimate of drug-likeness (QED) is 0.198. The molecule has 2 amide bonds. The maximum atomic E-state index is 13.6. The van der Waals surface area contributed by atoms with Crippen LogP contribution in [0.4, 0.5) is 4.39 Å². The van der Waals surface area contributed by atoms with Gasteiger partial charge in [0.15, 0.2) is 6.61 Å². The number of benzene rings is 1. The van der Waals surface area contributed by atoms with E-state index in [2.05, 4.69) is 24.5 Å². The molecule has 0 saturated heterocycles. The van der Waals surface area contributed by atoms with Gasteiger partial charge in [0.05, 0.1) is 10.9 Å².